The summed E-state index contributed by atoms with van der Waals surface area (Å²) in [5.41, 5.74) is 5.71. The Morgan fingerprint density at radius 1 is 1.70 bits per heavy atom. The van der Waals surface area contributed by atoms with Gasteiger partial charge in [-0.15, -0.1) is 0 Å². The van der Waals surface area contributed by atoms with E-state index in [-0.39, 0.29) is 6.10 Å². The molecular formula is C8H17NO. The summed E-state index contributed by atoms with van der Waals surface area (Å²) < 4.78 is 0. The van der Waals surface area contributed by atoms with Gasteiger partial charge in [-0.2, -0.15) is 0 Å². The Kier molecular flexibility index (Phi) is 2.02. The molecule has 2 atom stereocenters. The number of rotatable bonds is 3. The SMILES string of the molecule is CC1(C)CC1C(O)CCN. The molecule has 0 radical (unpaired) electrons. The van der Waals surface area contributed by atoms with Crippen molar-refractivity contribution in [1.82, 2.24) is 0 Å². The van der Waals surface area contributed by atoms with Crippen LogP contribution in [0, 0.1) is 11.3 Å². The number of hydrogen-bond acceptors (Lipinski definition) is 2. The second-order valence-electron chi connectivity index (χ2n) is 3.94. The lowest BCUT2D eigenvalue weighted by molar-refractivity contribution is 0.130. The fourth-order valence-electron chi connectivity index (χ4n) is 1.54. The van der Waals surface area contributed by atoms with E-state index in [9.17, 15) is 5.11 Å². The van der Waals surface area contributed by atoms with Gasteiger partial charge in [0.1, 0.15) is 0 Å². The molecule has 1 fully saturated rings. The maximum Gasteiger partial charge on any atom is 0.0585 e. The summed E-state index contributed by atoms with van der Waals surface area (Å²) in [5, 5.41) is 9.44. The van der Waals surface area contributed by atoms with Crippen LogP contribution in [-0.2, 0) is 0 Å². The van der Waals surface area contributed by atoms with Gasteiger partial charge in [0.05, 0.1) is 6.10 Å². The second-order valence-corrected chi connectivity index (χ2v) is 3.94. The molecule has 0 spiro atoms. The average Bonchev–Trinajstić information content (AvgIpc) is 2.41. The third-order valence-electron chi connectivity index (χ3n) is 2.52. The van der Waals surface area contributed by atoms with Gasteiger partial charge in [0, 0.05) is 0 Å². The van der Waals surface area contributed by atoms with Gasteiger partial charge in [-0.25, -0.2) is 0 Å². The van der Waals surface area contributed by atoms with Crippen LogP contribution in [0.5, 0.6) is 0 Å². The van der Waals surface area contributed by atoms with Gasteiger partial charge < -0.3 is 10.8 Å². The topological polar surface area (TPSA) is 46.2 Å². The summed E-state index contributed by atoms with van der Waals surface area (Å²) in [7, 11) is 0. The van der Waals surface area contributed by atoms with Gasteiger partial charge in [-0.3, -0.25) is 0 Å². The van der Waals surface area contributed by atoms with Crippen LogP contribution in [0.2, 0.25) is 0 Å². The first-order valence-corrected chi connectivity index (χ1v) is 3.96. The molecule has 1 saturated carbocycles. The van der Waals surface area contributed by atoms with Crippen LogP contribution in [0.25, 0.3) is 0 Å². The standard InChI is InChI=1S/C8H17NO/c1-8(2)5-6(8)7(10)3-4-9/h6-7,10H,3-5,9H2,1-2H3. The summed E-state index contributed by atoms with van der Waals surface area (Å²) in [6.45, 7) is 4.99. The van der Waals surface area contributed by atoms with Crippen molar-refractivity contribution in [2.75, 3.05) is 6.54 Å². The van der Waals surface area contributed by atoms with Crippen LogP contribution in [0.15, 0.2) is 0 Å². The molecule has 0 saturated heterocycles. The fraction of sp³-hybridized carbons (Fsp3) is 1.00. The first-order valence-electron chi connectivity index (χ1n) is 3.96. The van der Waals surface area contributed by atoms with Gasteiger partial charge in [0.15, 0.2) is 0 Å². The molecule has 2 heteroatoms. The van der Waals surface area contributed by atoms with E-state index in [1.165, 1.54) is 0 Å². The predicted molar refractivity (Wildman–Crippen MR) is 41.6 cm³/mol. The lowest BCUT2D eigenvalue weighted by Gasteiger charge is -2.09. The molecule has 2 unspecified atom stereocenters. The molecule has 0 heterocycles. The van der Waals surface area contributed by atoms with E-state index in [4.69, 9.17) is 5.73 Å². The van der Waals surface area contributed by atoms with Crippen molar-refractivity contribution >= 4 is 0 Å². The maximum absolute atomic E-state index is 9.44. The summed E-state index contributed by atoms with van der Waals surface area (Å²) in [5.74, 6) is 0.510. The number of aliphatic hydroxyl groups is 1. The van der Waals surface area contributed by atoms with E-state index in [2.05, 4.69) is 13.8 Å². The van der Waals surface area contributed by atoms with Crippen LogP contribution < -0.4 is 5.73 Å². The number of nitrogens with two attached hydrogens (primary N) is 1. The molecule has 3 N–H and O–H groups in total. The third kappa shape index (κ3) is 1.50. The van der Waals surface area contributed by atoms with E-state index < -0.39 is 0 Å². The van der Waals surface area contributed by atoms with Crippen molar-refractivity contribution in [2.45, 2.75) is 32.8 Å². The Hall–Kier alpha value is -0.0800. The lowest BCUT2D eigenvalue weighted by Crippen LogP contribution is -2.17. The molecule has 0 aliphatic heterocycles. The van der Waals surface area contributed by atoms with Crippen molar-refractivity contribution in [3.05, 3.63) is 0 Å². The second kappa shape index (κ2) is 2.51. The summed E-state index contributed by atoms with van der Waals surface area (Å²) in [6.07, 6.45) is 1.77. The molecule has 0 aromatic heterocycles. The quantitative estimate of drug-likeness (QED) is 0.612. The first-order chi connectivity index (χ1) is 4.58. The van der Waals surface area contributed by atoms with Crippen molar-refractivity contribution in [3.63, 3.8) is 0 Å². The molecular weight excluding hydrogens is 126 g/mol. The minimum absolute atomic E-state index is 0.153. The lowest BCUT2D eigenvalue weighted by atomic mass is 10.0. The van der Waals surface area contributed by atoms with Crippen molar-refractivity contribution in [3.8, 4) is 0 Å². The van der Waals surface area contributed by atoms with E-state index in [1.54, 1.807) is 0 Å². The molecule has 1 aliphatic carbocycles. The van der Waals surface area contributed by atoms with Crippen LogP contribution in [0.3, 0.4) is 0 Å². The van der Waals surface area contributed by atoms with Crippen molar-refractivity contribution in [1.29, 1.82) is 0 Å². The van der Waals surface area contributed by atoms with Gasteiger partial charge in [0.2, 0.25) is 0 Å². The largest absolute Gasteiger partial charge is 0.393 e. The predicted octanol–water partition coefficient (Wildman–Crippen LogP) is 0.742. The van der Waals surface area contributed by atoms with Gasteiger partial charge >= 0.3 is 0 Å². The zero-order valence-corrected chi connectivity index (χ0v) is 6.80. The molecule has 0 aromatic carbocycles. The van der Waals surface area contributed by atoms with Crippen molar-refractivity contribution in [2.24, 2.45) is 17.1 Å². The van der Waals surface area contributed by atoms with Crippen LogP contribution >= 0.6 is 0 Å². The van der Waals surface area contributed by atoms with E-state index in [0.717, 1.165) is 12.8 Å². The highest BCUT2D eigenvalue weighted by atomic mass is 16.3. The molecule has 0 amide bonds. The molecule has 1 rings (SSSR count). The van der Waals surface area contributed by atoms with Crippen LogP contribution in [-0.4, -0.2) is 17.8 Å². The highest BCUT2D eigenvalue weighted by Crippen LogP contribution is 2.53. The average molecular weight is 143 g/mol. The zero-order chi connectivity index (χ0) is 7.78. The molecule has 60 valence electrons. The Bertz CT molecular complexity index is 122. The summed E-state index contributed by atoms with van der Waals surface area (Å²) in [6, 6.07) is 0. The van der Waals surface area contributed by atoms with Crippen LogP contribution in [0.4, 0.5) is 0 Å². The van der Waals surface area contributed by atoms with Crippen LogP contribution in [0.1, 0.15) is 26.7 Å². The number of hydrogen-bond donors (Lipinski definition) is 2. The maximum atomic E-state index is 9.44. The molecule has 10 heavy (non-hydrogen) atoms. The fourth-order valence-corrected chi connectivity index (χ4v) is 1.54. The highest BCUT2D eigenvalue weighted by Gasteiger charge is 2.49. The monoisotopic (exact) mass is 143 g/mol. The van der Waals surface area contributed by atoms with Gasteiger partial charge in [0.25, 0.3) is 0 Å². The number of aliphatic hydroxyl groups excluding tert-OH is 1. The van der Waals surface area contributed by atoms with Gasteiger partial charge in [-0.1, -0.05) is 13.8 Å². The Morgan fingerprint density at radius 3 is 2.50 bits per heavy atom. The molecule has 2 nitrogen and oxygen atoms in total. The van der Waals surface area contributed by atoms with E-state index in [1.807, 2.05) is 0 Å². The van der Waals surface area contributed by atoms with Crippen molar-refractivity contribution < 1.29 is 5.11 Å². The normalized spacial score (nSPS) is 31.8. The molecule has 1 aliphatic rings. The first kappa shape index (κ1) is 8.02. The molecule has 0 aromatic rings. The highest BCUT2D eigenvalue weighted by molar-refractivity contribution is 4.98. The summed E-state index contributed by atoms with van der Waals surface area (Å²) >= 11 is 0. The third-order valence-corrected chi connectivity index (χ3v) is 2.52. The molecule has 0 bridgehead atoms. The zero-order valence-electron chi connectivity index (χ0n) is 6.80. The Balaban J connectivity index is 2.25. The smallest absolute Gasteiger partial charge is 0.0585 e. The summed E-state index contributed by atoms with van der Waals surface area (Å²) in [4.78, 5) is 0. The Morgan fingerprint density at radius 2 is 2.20 bits per heavy atom. The minimum Gasteiger partial charge on any atom is -0.393 e. The van der Waals surface area contributed by atoms with E-state index >= 15 is 0 Å². The Labute approximate surface area is 62.4 Å². The van der Waals surface area contributed by atoms with E-state index in [0.29, 0.717) is 17.9 Å². The van der Waals surface area contributed by atoms with Gasteiger partial charge in [-0.05, 0) is 30.7 Å². The minimum atomic E-state index is -0.153.